The fraction of sp³-hybridized carbons (Fsp3) is 0.438. The van der Waals surface area contributed by atoms with Crippen molar-refractivity contribution in [2.24, 2.45) is 0 Å². The van der Waals surface area contributed by atoms with Crippen LogP contribution in [0, 0.1) is 6.92 Å². The molecular formula is C16H19N3O2S. The zero-order valence-electron chi connectivity index (χ0n) is 12.8. The normalized spacial score (nSPS) is 17.0. The van der Waals surface area contributed by atoms with Crippen molar-refractivity contribution < 1.29 is 9.21 Å². The van der Waals surface area contributed by atoms with Gasteiger partial charge in [-0.2, -0.15) is 0 Å². The van der Waals surface area contributed by atoms with Gasteiger partial charge >= 0.3 is 0 Å². The van der Waals surface area contributed by atoms with Gasteiger partial charge in [0.1, 0.15) is 0 Å². The molecule has 3 rings (SSSR count). The van der Waals surface area contributed by atoms with E-state index in [0.717, 1.165) is 36.4 Å². The number of carbonyl (C=O) groups excluding carboxylic acids is 1. The summed E-state index contributed by atoms with van der Waals surface area (Å²) in [6.07, 6.45) is 3.71. The Morgan fingerprint density at radius 1 is 1.41 bits per heavy atom. The maximum absolute atomic E-state index is 12.5. The minimum Gasteiger partial charge on any atom is -0.425 e. The molecule has 2 aromatic rings. The first-order valence-electron chi connectivity index (χ1n) is 7.44. The van der Waals surface area contributed by atoms with Gasteiger partial charge in [0.2, 0.25) is 17.7 Å². The predicted octanol–water partition coefficient (Wildman–Crippen LogP) is 3.25. The quantitative estimate of drug-likeness (QED) is 0.815. The topological polar surface area (TPSA) is 59.2 Å². The van der Waals surface area contributed by atoms with E-state index >= 15 is 0 Å². The second-order valence-corrected chi connectivity index (χ2v) is 6.55. The first-order chi connectivity index (χ1) is 10.6. The number of aryl methyl sites for hydroxylation is 1. The zero-order valence-corrected chi connectivity index (χ0v) is 13.6. The Bertz CT molecular complexity index is 667. The van der Waals surface area contributed by atoms with Crippen LogP contribution in [0.15, 0.2) is 27.5 Å². The molecule has 5 nitrogen and oxygen atoms in total. The summed E-state index contributed by atoms with van der Waals surface area (Å²) >= 11 is 1.64. The Hall–Kier alpha value is -1.95. The van der Waals surface area contributed by atoms with Crippen molar-refractivity contribution in [1.29, 1.82) is 0 Å². The van der Waals surface area contributed by atoms with E-state index in [2.05, 4.69) is 10.2 Å². The minimum atomic E-state index is 0.119. The van der Waals surface area contributed by atoms with E-state index in [4.69, 9.17) is 4.42 Å². The number of rotatable bonds is 3. The van der Waals surface area contributed by atoms with Crippen LogP contribution in [0.2, 0.25) is 0 Å². The van der Waals surface area contributed by atoms with E-state index in [0.29, 0.717) is 11.8 Å². The third-order valence-corrected chi connectivity index (χ3v) is 4.73. The lowest BCUT2D eigenvalue weighted by molar-refractivity contribution is -0.128. The fourth-order valence-electron chi connectivity index (χ4n) is 2.70. The van der Waals surface area contributed by atoms with Crippen LogP contribution < -0.4 is 0 Å². The fourth-order valence-corrected chi connectivity index (χ4v) is 3.42. The number of piperidine rings is 1. The average molecular weight is 317 g/mol. The monoisotopic (exact) mass is 317 g/mol. The zero-order chi connectivity index (χ0) is 15.5. The number of hydrogen-bond donors (Lipinski definition) is 0. The second-order valence-electron chi connectivity index (χ2n) is 5.57. The Labute approximate surface area is 133 Å². The molecule has 1 aliphatic rings. The third kappa shape index (κ3) is 3.27. The first-order valence-corrected chi connectivity index (χ1v) is 8.32. The molecule has 3 heterocycles. The maximum atomic E-state index is 12.5. The summed E-state index contributed by atoms with van der Waals surface area (Å²) in [6, 6.07) is 4.01. The van der Waals surface area contributed by atoms with Crippen molar-refractivity contribution in [2.45, 2.75) is 32.6 Å². The lowest BCUT2D eigenvalue weighted by Gasteiger charge is -2.30. The van der Waals surface area contributed by atoms with E-state index in [9.17, 15) is 4.79 Å². The molecule has 6 heteroatoms. The molecule has 2 aromatic heterocycles. The molecular weight excluding hydrogens is 298 g/mol. The van der Waals surface area contributed by atoms with Crippen molar-refractivity contribution in [1.82, 2.24) is 15.1 Å². The number of hydrogen-bond acceptors (Lipinski definition) is 5. The van der Waals surface area contributed by atoms with Gasteiger partial charge in [-0.05, 0) is 37.3 Å². The molecule has 1 fully saturated rings. The lowest BCUT2D eigenvalue weighted by Crippen LogP contribution is -2.38. The van der Waals surface area contributed by atoms with Crippen LogP contribution >= 0.6 is 11.3 Å². The first kappa shape index (κ1) is 15.0. The van der Waals surface area contributed by atoms with Crippen LogP contribution in [0.5, 0.6) is 0 Å². The highest BCUT2D eigenvalue weighted by Gasteiger charge is 2.27. The van der Waals surface area contributed by atoms with Crippen molar-refractivity contribution in [3.05, 3.63) is 39.7 Å². The van der Waals surface area contributed by atoms with E-state index < -0.39 is 0 Å². The van der Waals surface area contributed by atoms with Gasteiger partial charge in [-0.15, -0.1) is 21.5 Å². The van der Waals surface area contributed by atoms with Gasteiger partial charge in [-0.25, -0.2) is 0 Å². The number of amides is 1. The summed E-state index contributed by atoms with van der Waals surface area (Å²) in [4.78, 5) is 15.5. The Morgan fingerprint density at radius 3 is 2.77 bits per heavy atom. The van der Waals surface area contributed by atoms with Crippen LogP contribution in [0.3, 0.4) is 0 Å². The highest BCUT2D eigenvalue weighted by atomic mass is 32.1. The number of thiophene rings is 1. The molecule has 0 spiro atoms. The summed E-state index contributed by atoms with van der Waals surface area (Å²) in [5, 5.41) is 9.99. The van der Waals surface area contributed by atoms with Crippen LogP contribution in [0.1, 0.15) is 42.3 Å². The summed E-state index contributed by atoms with van der Waals surface area (Å²) in [5.41, 5.74) is 0.787. The SMILES string of the molecule is C/C(=C\c1cccs1)C(=O)N1CCC(c2nnc(C)o2)CC1. The van der Waals surface area contributed by atoms with Crippen molar-refractivity contribution >= 4 is 23.3 Å². The minimum absolute atomic E-state index is 0.119. The van der Waals surface area contributed by atoms with Gasteiger partial charge in [-0.1, -0.05) is 6.07 Å². The second kappa shape index (κ2) is 6.44. The molecule has 0 radical (unpaired) electrons. The Balaban J connectivity index is 1.60. The number of nitrogens with zero attached hydrogens (tertiary/aromatic N) is 3. The van der Waals surface area contributed by atoms with Crippen LogP contribution in [0.4, 0.5) is 0 Å². The third-order valence-electron chi connectivity index (χ3n) is 3.91. The molecule has 0 aromatic carbocycles. The van der Waals surface area contributed by atoms with Crippen LogP contribution in [-0.2, 0) is 4.79 Å². The van der Waals surface area contributed by atoms with E-state index in [1.54, 1.807) is 18.3 Å². The summed E-state index contributed by atoms with van der Waals surface area (Å²) in [6.45, 7) is 5.16. The number of carbonyl (C=O) groups is 1. The summed E-state index contributed by atoms with van der Waals surface area (Å²) < 4.78 is 5.50. The Morgan fingerprint density at radius 2 is 2.18 bits per heavy atom. The largest absolute Gasteiger partial charge is 0.425 e. The Kier molecular flexibility index (Phi) is 4.38. The van der Waals surface area contributed by atoms with Gasteiger partial charge in [0.15, 0.2) is 0 Å². The lowest BCUT2D eigenvalue weighted by atomic mass is 9.96. The molecule has 0 saturated carbocycles. The van der Waals surface area contributed by atoms with Gasteiger partial charge in [0.25, 0.3) is 0 Å². The van der Waals surface area contributed by atoms with Crippen molar-refractivity contribution in [2.75, 3.05) is 13.1 Å². The van der Waals surface area contributed by atoms with E-state index in [-0.39, 0.29) is 11.8 Å². The molecule has 1 aliphatic heterocycles. The van der Waals surface area contributed by atoms with Crippen molar-refractivity contribution in [3.63, 3.8) is 0 Å². The average Bonchev–Trinajstić information content (AvgIpc) is 3.18. The highest BCUT2D eigenvalue weighted by Crippen LogP contribution is 2.27. The number of likely N-dealkylation sites (tertiary alicyclic amines) is 1. The summed E-state index contributed by atoms with van der Waals surface area (Å²) in [7, 11) is 0. The van der Waals surface area contributed by atoms with E-state index in [1.807, 2.05) is 35.4 Å². The van der Waals surface area contributed by atoms with E-state index in [1.165, 1.54) is 0 Å². The molecule has 0 N–H and O–H groups in total. The van der Waals surface area contributed by atoms with Gasteiger partial charge in [0.05, 0.1) is 0 Å². The molecule has 0 atom stereocenters. The number of aromatic nitrogens is 2. The molecule has 0 bridgehead atoms. The van der Waals surface area contributed by atoms with Crippen molar-refractivity contribution in [3.8, 4) is 0 Å². The van der Waals surface area contributed by atoms with Gasteiger partial charge in [0, 0.05) is 36.4 Å². The molecule has 116 valence electrons. The van der Waals surface area contributed by atoms with Gasteiger partial charge < -0.3 is 9.32 Å². The molecule has 1 saturated heterocycles. The standard InChI is InChI=1S/C16H19N3O2S/c1-11(10-14-4-3-9-22-14)16(20)19-7-5-13(6-8-19)15-18-17-12(2)21-15/h3-4,9-10,13H,5-8H2,1-2H3/b11-10+. The van der Waals surface area contributed by atoms with Crippen LogP contribution in [-0.4, -0.2) is 34.1 Å². The van der Waals surface area contributed by atoms with Crippen LogP contribution in [0.25, 0.3) is 6.08 Å². The predicted molar refractivity (Wildman–Crippen MR) is 85.6 cm³/mol. The molecule has 0 aliphatic carbocycles. The van der Waals surface area contributed by atoms with Gasteiger partial charge in [-0.3, -0.25) is 4.79 Å². The molecule has 1 amide bonds. The maximum Gasteiger partial charge on any atom is 0.249 e. The highest BCUT2D eigenvalue weighted by molar-refractivity contribution is 7.10. The molecule has 0 unspecified atom stereocenters. The smallest absolute Gasteiger partial charge is 0.249 e. The summed E-state index contributed by atoms with van der Waals surface area (Å²) in [5.74, 6) is 1.69. The molecule has 22 heavy (non-hydrogen) atoms.